The highest BCUT2D eigenvalue weighted by Crippen LogP contribution is 2.24. The second-order valence-electron chi connectivity index (χ2n) is 6.22. The van der Waals surface area contributed by atoms with Crippen LogP contribution in [0.25, 0.3) is 5.69 Å². The fraction of sp³-hybridized carbons (Fsp3) is 0.471. The van der Waals surface area contributed by atoms with E-state index in [1.54, 1.807) is 4.68 Å². The molecule has 0 aliphatic carbocycles. The van der Waals surface area contributed by atoms with E-state index in [0.717, 1.165) is 17.8 Å². The largest absolute Gasteiger partial charge is 0.292 e. The van der Waals surface area contributed by atoms with Gasteiger partial charge in [0.05, 0.1) is 11.4 Å². The lowest BCUT2D eigenvalue weighted by molar-refractivity contribution is 0.0982. The van der Waals surface area contributed by atoms with Crippen LogP contribution in [0.5, 0.6) is 0 Å². The van der Waals surface area contributed by atoms with Crippen molar-refractivity contribution in [3.8, 4) is 5.69 Å². The van der Waals surface area contributed by atoms with Crippen molar-refractivity contribution in [2.45, 2.75) is 52.9 Å². The van der Waals surface area contributed by atoms with Crippen molar-refractivity contribution in [1.82, 2.24) is 15.0 Å². The third kappa shape index (κ3) is 3.04. The summed E-state index contributed by atoms with van der Waals surface area (Å²) in [5, 5.41) is 8.23. The van der Waals surface area contributed by atoms with Gasteiger partial charge in [0, 0.05) is 6.42 Å². The zero-order valence-corrected chi connectivity index (χ0v) is 13.5. The molecule has 1 aromatic heterocycles. The second kappa shape index (κ2) is 5.80. The van der Waals surface area contributed by atoms with Crippen molar-refractivity contribution in [3.05, 3.63) is 41.2 Å². The predicted octanol–water partition coefficient (Wildman–Crippen LogP) is 3.72. The van der Waals surface area contributed by atoms with E-state index in [1.807, 2.05) is 26.0 Å². The minimum Gasteiger partial charge on any atom is -0.292 e. The molecule has 0 atom stereocenters. The van der Waals surface area contributed by atoms with Crippen molar-refractivity contribution in [2.24, 2.45) is 0 Å². The highest BCUT2D eigenvalue weighted by molar-refractivity contribution is 5.95. The molecule has 2 aromatic rings. The lowest BCUT2D eigenvalue weighted by Gasteiger charge is -2.19. The molecule has 1 heterocycles. The number of rotatable bonds is 4. The SMILES string of the molecule is CCC(=O)c1nnn(-c2ccc(C(C)(C)C)cc2)c1CC. The van der Waals surface area contributed by atoms with Crippen molar-refractivity contribution in [3.63, 3.8) is 0 Å². The normalized spacial score (nSPS) is 11.7. The monoisotopic (exact) mass is 285 g/mol. The van der Waals surface area contributed by atoms with E-state index in [1.165, 1.54) is 5.56 Å². The number of ketones is 1. The number of carbonyl (C=O) groups excluding carboxylic acids is 1. The van der Waals surface area contributed by atoms with Crippen LogP contribution in [-0.4, -0.2) is 20.8 Å². The molecule has 0 saturated heterocycles. The van der Waals surface area contributed by atoms with Gasteiger partial charge in [-0.3, -0.25) is 4.79 Å². The first-order valence-electron chi connectivity index (χ1n) is 7.47. The Hall–Kier alpha value is -1.97. The summed E-state index contributed by atoms with van der Waals surface area (Å²) in [5.41, 5.74) is 3.72. The molecule has 0 N–H and O–H groups in total. The summed E-state index contributed by atoms with van der Waals surface area (Å²) in [6, 6.07) is 8.29. The molecule has 0 spiro atoms. The Morgan fingerprint density at radius 1 is 1.14 bits per heavy atom. The van der Waals surface area contributed by atoms with Crippen LogP contribution >= 0.6 is 0 Å². The molecule has 0 amide bonds. The minimum atomic E-state index is 0.0458. The van der Waals surface area contributed by atoms with Crippen LogP contribution in [0.1, 0.15) is 62.8 Å². The molecule has 4 heteroatoms. The van der Waals surface area contributed by atoms with E-state index in [-0.39, 0.29) is 11.2 Å². The molecule has 0 fully saturated rings. The van der Waals surface area contributed by atoms with Crippen molar-refractivity contribution >= 4 is 5.78 Å². The lowest BCUT2D eigenvalue weighted by Crippen LogP contribution is -2.11. The van der Waals surface area contributed by atoms with E-state index in [9.17, 15) is 4.79 Å². The fourth-order valence-corrected chi connectivity index (χ4v) is 2.31. The van der Waals surface area contributed by atoms with E-state index in [4.69, 9.17) is 0 Å². The summed E-state index contributed by atoms with van der Waals surface area (Å²) in [7, 11) is 0. The van der Waals surface area contributed by atoms with Gasteiger partial charge in [-0.1, -0.05) is 52.0 Å². The third-order valence-corrected chi connectivity index (χ3v) is 3.66. The zero-order chi connectivity index (χ0) is 15.6. The summed E-state index contributed by atoms with van der Waals surface area (Å²) < 4.78 is 1.77. The van der Waals surface area contributed by atoms with Gasteiger partial charge in [-0.2, -0.15) is 0 Å². The van der Waals surface area contributed by atoms with Crippen LogP contribution < -0.4 is 0 Å². The minimum absolute atomic E-state index is 0.0458. The summed E-state index contributed by atoms with van der Waals surface area (Å²) >= 11 is 0. The number of Topliss-reactive ketones (excluding diaryl/α,β-unsaturated/α-hetero) is 1. The third-order valence-electron chi connectivity index (χ3n) is 3.66. The van der Waals surface area contributed by atoms with Gasteiger partial charge in [0.1, 0.15) is 0 Å². The lowest BCUT2D eigenvalue weighted by atomic mass is 9.87. The Balaban J connectivity index is 2.43. The average Bonchev–Trinajstić information content (AvgIpc) is 2.89. The highest BCUT2D eigenvalue weighted by Gasteiger charge is 2.18. The van der Waals surface area contributed by atoms with Crippen molar-refractivity contribution < 1.29 is 4.79 Å². The number of hydrogen-bond acceptors (Lipinski definition) is 3. The number of aromatic nitrogens is 3. The zero-order valence-electron chi connectivity index (χ0n) is 13.5. The predicted molar refractivity (Wildman–Crippen MR) is 84.1 cm³/mol. The smallest absolute Gasteiger partial charge is 0.184 e. The van der Waals surface area contributed by atoms with Gasteiger partial charge in [0.15, 0.2) is 11.5 Å². The Labute approximate surface area is 126 Å². The van der Waals surface area contributed by atoms with Gasteiger partial charge >= 0.3 is 0 Å². The van der Waals surface area contributed by atoms with Crippen LogP contribution in [0, 0.1) is 0 Å². The Kier molecular flexibility index (Phi) is 4.26. The van der Waals surface area contributed by atoms with Crippen LogP contribution in [0.4, 0.5) is 0 Å². The summed E-state index contributed by atoms with van der Waals surface area (Å²) in [6.45, 7) is 10.4. The van der Waals surface area contributed by atoms with Gasteiger partial charge in [-0.15, -0.1) is 5.10 Å². The van der Waals surface area contributed by atoms with Gasteiger partial charge in [0.2, 0.25) is 0 Å². The van der Waals surface area contributed by atoms with Crippen LogP contribution in [0.15, 0.2) is 24.3 Å². The average molecular weight is 285 g/mol. The Bertz CT molecular complexity index is 633. The summed E-state index contributed by atoms with van der Waals surface area (Å²) in [5.74, 6) is 0.0458. The molecule has 21 heavy (non-hydrogen) atoms. The molecule has 112 valence electrons. The van der Waals surface area contributed by atoms with Crippen molar-refractivity contribution in [1.29, 1.82) is 0 Å². The maximum atomic E-state index is 11.9. The number of carbonyl (C=O) groups is 1. The van der Waals surface area contributed by atoms with Crippen molar-refractivity contribution in [2.75, 3.05) is 0 Å². The number of nitrogens with zero attached hydrogens (tertiary/aromatic N) is 3. The summed E-state index contributed by atoms with van der Waals surface area (Å²) in [4.78, 5) is 11.9. The van der Waals surface area contributed by atoms with Crippen LogP contribution in [-0.2, 0) is 11.8 Å². The van der Waals surface area contributed by atoms with E-state index in [0.29, 0.717) is 12.1 Å². The molecule has 0 aliphatic heterocycles. The highest BCUT2D eigenvalue weighted by atomic mass is 16.1. The molecule has 2 rings (SSSR count). The quantitative estimate of drug-likeness (QED) is 0.804. The number of hydrogen-bond donors (Lipinski definition) is 0. The van der Waals surface area contributed by atoms with Gasteiger partial charge < -0.3 is 0 Å². The Morgan fingerprint density at radius 3 is 2.24 bits per heavy atom. The molecule has 0 saturated carbocycles. The molecule has 4 nitrogen and oxygen atoms in total. The van der Waals surface area contributed by atoms with E-state index < -0.39 is 0 Å². The van der Waals surface area contributed by atoms with E-state index >= 15 is 0 Å². The summed E-state index contributed by atoms with van der Waals surface area (Å²) in [6.07, 6.45) is 1.18. The maximum Gasteiger partial charge on any atom is 0.184 e. The number of benzene rings is 1. The molecular weight excluding hydrogens is 262 g/mol. The van der Waals surface area contributed by atoms with Crippen LogP contribution in [0.3, 0.4) is 0 Å². The van der Waals surface area contributed by atoms with E-state index in [2.05, 4.69) is 43.2 Å². The molecule has 0 unspecified atom stereocenters. The van der Waals surface area contributed by atoms with Gasteiger partial charge in [-0.25, -0.2) is 4.68 Å². The topological polar surface area (TPSA) is 47.8 Å². The van der Waals surface area contributed by atoms with Crippen LogP contribution in [0.2, 0.25) is 0 Å². The molecule has 1 aromatic carbocycles. The first-order chi connectivity index (χ1) is 9.88. The van der Waals surface area contributed by atoms with Gasteiger partial charge in [0.25, 0.3) is 0 Å². The Morgan fingerprint density at radius 2 is 1.76 bits per heavy atom. The fourth-order valence-electron chi connectivity index (χ4n) is 2.31. The molecular formula is C17H23N3O. The standard InChI is InChI=1S/C17H23N3O/c1-6-14-16(15(21)7-2)18-19-20(14)13-10-8-12(9-11-13)17(3,4)5/h8-11H,6-7H2,1-5H3. The molecule has 0 bridgehead atoms. The molecule has 0 radical (unpaired) electrons. The first-order valence-corrected chi connectivity index (χ1v) is 7.47. The second-order valence-corrected chi connectivity index (χ2v) is 6.22. The molecule has 0 aliphatic rings. The van der Waals surface area contributed by atoms with Gasteiger partial charge in [-0.05, 0) is 29.5 Å². The first kappa shape index (κ1) is 15.4. The maximum absolute atomic E-state index is 11.9.